The summed E-state index contributed by atoms with van der Waals surface area (Å²) in [6.07, 6.45) is 4.00. The first kappa shape index (κ1) is 34.7. The van der Waals surface area contributed by atoms with Crippen molar-refractivity contribution < 1.29 is 19.1 Å². The van der Waals surface area contributed by atoms with Crippen molar-refractivity contribution in [2.24, 2.45) is 0 Å². The van der Waals surface area contributed by atoms with Crippen LogP contribution in [0.1, 0.15) is 103 Å². The molecule has 2 fully saturated rings. The van der Waals surface area contributed by atoms with Gasteiger partial charge >= 0.3 is 0 Å². The Kier molecular flexibility index (Phi) is 10.8. The van der Waals surface area contributed by atoms with Gasteiger partial charge in [0, 0.05) is 22.2 Å². The van der Waals surface area contributed by atoms with Crippen molar-refractivity contribution in [3.63, 3.8) is 0 Å². The smallest absolute Gasteiger partial charge is 0.0936 e. The molecule has 0 radical (unpaired) electrons. The molecule has 46 heavy (non-hydrogen) atoms. The Morgan fingerprint density at radius 1 is 0.435 bits per heavy atom. The van der Waals surface area contributed by atoms with Gasteiger partial charge in [0.25, 0.3) is 0 Å². The van der Waals surface area contributed by atoms with Gasteiger partial charge in [-0.15, -0.1) is 0 Å². The lowest BCUT2D eigenvalue weighted by molar-refractivity contribution is -0.302. The third kappa shape index (κ3) is 8.85. The molecule has 0 aliphatic carbocycles. The molecule has 250 valence electrons. The Labute approximate surface area is 277 Å². The van der Waals surface area contributed by atoms with Crippen LogP contribution in [0.25, 0.3) is 0 Å². The maximum Gasteiger partial charge on any atom is 0.0936 e. The van der Waals surface area contributed by atoms with E-state index in [1.807, 2.05) is 12.1 Å². The van der Waals surface area contributed by atoms with Crippen molar-refractivity contribution in [2.75, 3.05) is 0 Å². The minimum atomic E-state index is -0.143. The lowest BCUT2D eigenvalue weighted by Crippen LogP contribution is -2.61. The fourth-order valence-corrected chi connectivity index (χ4v) is 7.86. The number of hydrogen-bond acceptors (Lipinski definition) is 6. The number of benzene rings is 3. The summed E-state index contributed by atoms with van der Waals surface area (Å²) in [5.41, 5.74) is 4.17. The lowest BCUT2D eigenvalue weighted by atomic mass is 9.80. The van der Waals surface area contributed by atoms with Crippen LogP contribution in [-0.4, -0.2) is 44.5 Å². The van der Waals surface area contributed by atoms with Crippen molar-refractivity contribution >= 4 is 0 Å². The molecule has 3 aromatic carbocycles. The molecule has 0 saturated carbocycles. The summed E-state index contributed by atoms with van der Waals surface area (Å²) in [5, 5.41) is 4.40. The molecule has 6 nitrogen and oxygen atoms in total. The SMILES string of the molecule is CC1(C)CC(OCc2ccc(COC3CC(C)(C)N(OCc4ccccc4)C(C)(C)C3)cc2)CC(C)(C)N1OCc1ccccc1. The molecule has 2 saturated heterocycles. The molecule has 2 heterocycles. The van der Waals surface area contributed by atoms with E-state index in [-0.39, 0.29) is 34.4 Å². The zero-order chi connectivity index (χ0) is 33.0. The van der Waals surface area contributed by atoms with Crippen LogP contribution in [-0.2, 0) is 45.6 Å². The standard InChI is InChI=1S/C40H56N2O4/c1-37(2)23-35(24-38(3,4)41(37)45-29-31-15-11-9-12-16-31)43-27-33-19-21-34(22-20-33)28-44-36-25-39(5,6)42(40(7,8)26-36)46-30-32-17-13-10-14-18-32/h9-22,35-36H,23-30H2,1-8H3. The molecule has 0 amide bonds. The average molecular weight is 629 g/mol. The van der Waals surface area contributed by atoms with E-state index < -0.39 is 0 Å². The van der Waals surface area contributed by atoms with E-state index in [4.69, 9.17) is 19.1 Å². The van der Waals surface area contributed by atoms with Crippen LogP contribution in [0.4, 0.5) is 0 Å². The molecular formula is C40H56N2O4. The van der Waals surface area contributed by atoms with Gasteiger partial charge in [0.05, 0.1) is 38.6 Å². The highest BCUT2D eigenvalue weighted by atomic mass is 16.7. The average Bonchev–Trinajstić information content (AvgIpc) is 2.98. The summed E-state index contributed by atoms with van der Waals surface area (Å²) in [6.45, 7) is 20.4. The molecule has 6 heteroatoms. The molecule has 0 bridgehead atoms. The Morgan fingerprint density at radius 3 is 1.02 bits per heavy atom. The Morgan fingerprint density at radius 2 is 0.717 bits per heavy atom. The van der Waals surface area contributed by atoms with Crippen molar-refractivity contribution in [2.45, 2.75) is 142 Å². The van der Waals surface area contributed by atoms with E-state index in [1.165, 1.54) is 22.3 Å². The fourth-order valence-electron chi connectivity index (χ4n) is 7.86. The molecular weight excluding hydrogens is 572 g/mol. The zero-order valence-electron chi connectivity index (χ0n) is 29.4. The molecule has 0 atom stereocenters. The second-order valence-electron chi connectivity index (χ2n) is 15.9. The third-order valence-corrected chi connectivity index (χ3v) is 9.51. The van der Waals surface area contributed by atoms with Gasteiger partial charge in [-0.1, -0.05) is 84.9 Å². The fraction of sp³-hybridized carbons (Fsp3) is 0.550. The van der Waals surface area contributed by atoms with E-state index in [0.717, 1.165) is 25.7 Å². The van der Waals surface area contributed by atoms with Crippen LogP contribution in [0.3, 0.4) is 0 Å². The van der Waals surface area contributed by atoms with E-state index >= 15 is 0 Å². The highest BCUT2D eigenvalue weighted by Gasteiger charge is 2.48. The predicted octanol–water partition coefficient (Wildman–Crippen LogP) is 9.03. The largest absolute Gasteiger partial charge is 0.373 e. The van der Waals surface area contributed by atoms with Gasteiger partial charge in [-0.25, -0.2) is 0 Å². The lowest BCUT2D eigenvalue weighted by Gasteiger charge is -2.53. The second kappa shape index (κ2) is 14.3. The van der Waals surface area contributed by atoms with Gasteiger partial charge in [-0.2, -0.15) is 10.1 Å². The number of ether oxygens (including phenoxy) is 2. The quantitative estimate of drug-likeness (QED) is 0.199. The van der Waals surface area contributed by atoms with Gasteiger partial charge in [0.1, 0.15) is 0 Å². The molecule has 0 spiro atoms. The van der Waals surface area contributed by atoms with Gasteiger partial charge in [0.15, 0.2) is 0 Å². The van der Waals surface area contributed by atoms with Crippen LogP contribution < -0.4 is 0 Å². The van der Waals surface area contributed by atoms with Gasteiger partial charge in [-0.3, -0.25) is 9.68 Å². The molecule has 0 unspecified atom stereocenters. The van der Waals surface area contributed by atoms with Gasteiger partial charge < -0.3 is 9.47 Å². The van der Waals surface area contributed by atoms with Crippen molar-refractivity contribution in [3.8, 4) is 0 Å². The van der Waals surface area contributed by atoms with Crippen LogP contribution in [0.15, 0.2) is 84.9 Å². The van der Waals surface area contributed by atoms with Crippen molar-refractivity contribution in [1.29, 1.82) is 0 Å². The van der Waals surface area contributed by atoms with E-state index in [0.29, 0.717) is 26.4 Å². The molecule has 3 aromatic rings. The highest BCUT2D eigenvalue weighted by Crippen LogP contribution is 2.41. The molecule has 2 aliphatic heterocycles. The summed E-state index contributed by atoms with van der Waals surface area (Å²) in [5.74, 6) is 0. The summed E-state index contributed by atoms with van der Waals surface area (Å²) in [4.78, 5) is 12.8. The van der Waals surface area contributed by atoms with E-state index in [9.17, 15) is 0 Å². The van der Waals surface area contributed by atoms with Crippen LogP contribution in [0.5, 0.6) is 0 Å². The number of rotatable bonds is 12. The maximum absolute atomic E-state index is 6.52. The van der Waals surface area contributed by atoms with E-state index in [1.54, 1.807) is 0 Å². The monoisotopic (exact) mass is 628 g/mol. The summed E-state index contributed by atoms with van der Waals surface area (Å²) in [6, 6.07) is 29.5. The zero-order valence-corrected chi connectivity index (χ0v) is 29.4. The molecule has 5 rings (SSSR count). The first-order valence-electron chi connectivity index (χ1n) is 17.0. The van der Waals surface area contributed by atoms with E-state index in [2.05, 4.69) is 138 Å². The van der Waals surface area contributed by atoms with Crippen LogP contribution in [0, 0.1) is 0 Å². The Balaban J connectivity index is 1.09. The number of nitrogens with zero attached hydrogens (tertiary/aromatic N) is 2. The Bertz CT molecular complexity index is 1230. The Hall–Kier alpha value is -2.58. The van der Waals surface area contributed by atoms with Gasteiger partial charge in [-0.05, 0) is 103 Å². The predicted molar refractivity (Wildman–Crippen MR) is 185 cm³/mol. The van der Waals surface area contributed by atoms with Crippen LogP contribution in [0.2, 0.25) is 0 Å². The maximum atomic E-state index is 6.52. The topological polar surface area (TPSA) is 43.4 Å². The molecule has 2 aliphatic rings. The number of piperidine rings is 2. The highest BCUT2D eigenvalue weighted by molar-refractivity contribution is 5.22. The minimum Gasteiger partial charge on any atom is -0.373 e. The second-order valence-corrected chi connectivity index (χ2v) is 15.9. The minimum absolute atomic E-state index is 0.143. The van der Waals surface area contributed by atoms with Gasteiger partial charge in [0.2, 0.25) is 0 Å². The number of hydrogen-bond donors (Lipinski definition) is 0. The molecule has 0 N–H and O–H groups in total. The third-order valence-electron chi connectivity index (χ3n) is 9.51. The summed E-state index contributed by atoms with van der Waals surface area (Å²) < 4.78 is 13.0. The van der Waals surface area contributed by atoms with Crippen LogP contribution >= 0.6 is 0 Å². The van der Waals surface area contributed by atoms with Crippen molar-refractivity contribution in [3.05, 3.63) is 107 Å². The van der Waals surface area contributed by atoms with Crippen molar-refractivity contribution in [1.82, 2.24) is 10.1 Å². The summed E-state index contributed by atoms with van der Waals surface area (Å²) in [7, 11) is 0. The molecule has 0 aromatic heterocycles. The normalized spacial score (nSPS) is 21.7. The first-order valence-corrected chi connectivity index (χ1v) is 17.0. The summed E-state index contributed by atoms with van der Waals surface area (Å²) >= 11 is 0. The first-order chi connectivity index (χ1) is 21.7. The number of hydroxylamine groups is 4.